The van der Waals surface area contributed by atoms with Crippen LogP contribution in [0, 0.1) is 21.0 Å². The molecule has 0 N–H and O–H groups in total. The minimum Gasteiger partial charge on any atom is -0.263 e. The number of aromatic nitrogens is 1. The molecule has 0 bridgehead atoms. The Bertz CT molecular complexity index is 513. The maximum atomic E-state index is 13.2. The van der Waals surface area contributed by atoms with Gasteiger partial charge in [0.15, 0.2) is 11.6 Å². The summed E-state index contributed by atoms with van der Waals surface area (Å²) in [6.07, 6.45) is 2.50. The molecule has 0 spiro atoms. The van der Waals surface area contributed by atoms with Gasteiger partial charge in [-0.1, -0.05) is 0 Å². The van der Waals surface area contributed by atoms with Crippen molar-refractivity contribution in [3.63, 3.8) is 0 Å². The third-order valence-corrected chi connectivity index (χ3v) is 2.66. The van der Waals surface area contributed by atoms with Crippen LogP contribution in [-0.4, -0.2) is 4.98 Å². The summed E-state index contributed by atoms with van der Waals surface area (Å²) in [6.45, 7) is 0. The van der Waals surface area contributed by atoms with Crippen LogP contribution in [0.3, 0.4) is 0 Å². The first-order chi connectivity index (χ1) is 6.61. The number of hydrogen-bond donors (Lipinski definition) is 0. The zero-order valence-corrected chi connectivity index (χ0v) is 8.85. The van der Waals surface area contributed by atoms with Crippen molar-refractivity contribution in [3.05, 3.63) is 39.5 Å². The monoisotopic (exact) mass is 309 g/mol. The highest BCUT2D eigenvalue weighted by Crippen LogP contribution is 2.26. The minimum absolute atomic E-state index is 0.0690. The van der Waals surface area contributed by atoms with E-state index in [1.165, 1.54) is 6.20 Å². The number of fused-ring (bicyclic) bond motifs is 1. The molecule has 1 nitrogen and oxygen atoms in total. The van der Waals surface area contributed by atoms with Crippen molar-refractivity contribution in [3.8, 4) is 0 Å². The lowest BCUT2D eigenvalue weighted by molar-refractivity contribution is 0.505. The molecule has 0 fully saturated rings. The lowest BCUT2D eigenvalue weighted by Gasteiger charge is -2.03. The van der Waals surface area contributed by atoms with Crippen molar-refractivity contribution in [2.75, 3.05) is 0 Å². The first-order valence-electron chi connectivity index (χ1n) is 3.68. The van der Waals surface area contributed by atoms with Crippen LogP contribution in [0.4, 0.5) is 13.2 Å². The molecule has 2 aromatic rings. The van der Waals surface area contributed by atoms with E-state index < -0.39 is 17.5 Å². The lowest BCUT2D eigenvalue weighted by atomic mass is 10.1. The van der Waals surface area contributed by atoms with Gasteiger partial charge < -0.3 is 0 Å². The van der Waals surface area contributed by atoms with E-state index in [0.717, 1.165) is 6.20 Å². The van der Waals surface area contributed by atoms with Gasteiger partial charge >= 0.3 is 0 Å². The number of benzene rings is 1. The summed E-state index contributed by atoms with van der Waals surface area (Å²) >= 11 is 1.82. The van der Waals surface area contributed by atoms with E-state index in [1.54, 1.807) is 0 Å². The predicted molar refractivity (Wildman–Crippen MR) is 54.3 cm³/mol. The van der Waals surface area contributed by atoms with Crippen LogP contribution in [0.5, 0.6) is 0 Å². The summed E-state index contributed by atoms with van der Waals surface area (Å²) in [7, 11) is 0. The van der Waals surface area contributed by atoms with Gasteiger partial charge in [0, 0.05) is 32.8 Å². The standard InChI is InChI=1S/C9H3F3IN/c10-5-1-6(11)9(12)4-2-14-3-7(13)8(4)5/h1-3H. The first-order valence-corrected chi connectivity index (χ1v) is 4.76. The van der Waals surface area contributed by atoms with Crippen molar-refractivity contribution in [2.45, 2.75) is 0 Å². The predicted octanol–water partition coefficient (Wildman–Crippen LogP) is 3.26. The molecule has 0 aliphatic rings. The Kier molecular flexibility index (Phi) is 2.34. The van der Waals surface area contributed by atoms with Crippen molar-refractivity contribution >= 4 is 33.4 Å². The van der Waals surface area contributed by atoms with Gasteiger partial charge in [0.05, 0.1) is 0 Å². The normalized spacial score (nSPS) is 10.9. The van der Waals surface area contributed by atoms with Gasteiger partial charge in [-0.15, -0.1) is 0 Å². The van der Waals surface area contributed by atoms with Gasteiger partial charge in [0.1, 0.15) is 5.82 Å². The Labute approximate surface area is 91.1 Å². The molecule has 5 heteroatoms. The Morgan fingerprint density at radius 3 is 2.50 bits per heavy atom. The van der Waals surface area contributed by atoms with E-state index in [0.29, 0.717) is 9.64 Å². The number of pyridine rings is 1. The maximum absolute atomic E-state index is 13.2. The molecule has 2 rings (SSSR count). The van der Waals surface area contributed by atoms with Gasteiger partial charge in [0.2, 0.25) is 0 Å². The smallest absolute Gasteiger partial charge is 0.168 e. The highest BCUT2D eigenvalue weighted by atomic mass is 127. The lowest BCUT2D eigenvalue weighted by Crippen LogP contribution is -1.93. The fourth-order valence-electron chi connectivity index (χ4n) is 1.22. The highest BCUT2D eigenvalue weighted by molar-refractivity contribution is 14.1. The largest absolute Gasteiger partial charge is 0.263 e. The Balaban J connectivity index is 3.02. The van der Waals surface area contributed by atoms with Crippen LogP contribution >= 0.6 is 22.6 Å². The zero-order chi connectivity index (χ0) is 10.3. The van der Waals surface area contributed by atoms with Gasteiger partial charge in [0.25, 0.3) is 0 Å². The first kappa shape index (κ1) is 9.70. The molecular formula is C9H3F3IN. The second kappa shape index (κ2) is 3.38. The van der Waals surface area contributed by atoms with Crippen molar-refractivity contribution in [1.82, 2.24) is 4.98 Å². The molecule has 72 valence electrons. The van der Waals surface area contributed by atoms with Crippen LogP contribution in [0.25, 0.3) is 10.8 Å². The molecule has 14 heavy (non-hydrogen) atoms. The van der Waals surface area contributed by atoms with Gasteiger partial charge in [-0.2, -0.15) is 0 Å². The van der Waals surface area contributed by atoms with Gasteiger partial charge in [-0.05, 0) is 22.6 Å². The highest BCUT2D eigenvalue weighted by Gasteiger charge is 2.14. The van der Waals surface area contributed by atoms with Crippen LogP contribution in [0.15, 0.2) is 18.5 Å². The molecule has 0 atom stereocenters. The van der Waals surface area contributed by atoms with Crippen LogP contribution < -0.4 is 0 Å². The molecule has 0 aliphatic carbocycles. The molecule has 1 heterocycles. The van der Waals surface area contributed by atoms with Gasteiger partial charge in [-0.25, -0.2) is 13.2 Å². The Morgan fingerprint density at radius 1 is 1.07 bits per heavy atom. The molecule has 0 amide bonds. The Hall–Kier alpha value is -0.850. The molecule has 0 aliphatic heterocycles. The SMILES string of the molecule is Fc1cc(F)c2c(I)cncc2c1F. The minimum atomic E-state index is -1.20. The Morgan fingerprint density at radius 2 is 1.79 bits per heavy atom. The van der Waals surface area contributed by atoms with E-state index >= 15 is 0 Å². The molecule has 0 radical (unpaired) electrons. The summed E-state index contributed by atoms with van der Waals surface area (Å²) in [5.41, 5.74) is 0. The van der Waals surface area contributed by atoms with Crippen molar-refractivity contribution in [2.24, 2.45) is 0 Å². The van der Waals surface area contributed by atoms with Crippen LogP contribution in [-0.2, 0) is 0 Å². The van der Waals surface area contributed by atoms with E-state index in [4.69, 9.17) is 0 Å². The molecule has 1 aromatic heterocycles. The van der Waals surface area contributed by atoms with Crippen molar-refractivity contribution in [1.29, 1.82) is 0 Å². The number of halogens is 4. The molecule has 0 saturated carbocycles. The zero-order valence-electron chi connectivity index (χ0n) is 6.69. The third-order valence-electron chi connectivity index (χ3n) is 1.84. The van der Waals surface area contributed by atoms with Crippen molar-refractivity contribution < 1.29 is 13.2 Å². The second-order valence-electron chi connectivity index (χ2n) is 2.70. The summed E-state index contributed by atoms with van der Waals surface area (Å²) < 4.78 is 39.7. The quantitative estimate of drug-likeness (QED) is 0.538. The third kappa shape index (κ3) is 1.35. The average Bonchev–Trinajstić information content (AvgIpc) is 2.14. The fourth-order valence-corrected chi connectivity index (χ4v) is 1.93. The van der Waals surface area contributed by atoms with E-state index in [2.05, 4.69) is 4.98 Å². The maximum Gasteiger partial charge on any atom is 0.168 e. The average molecular weight is 309 g/mol. The summed E-state index contributed by atoms with van der Waals surface area (Å²) in [5.74, 6) is -3.03. The van der Waals surface area contributed by atoms with E-state index in [9.17, 15) is 13.2 Å². The summed E-state index contributed by atoms with van der Waals surface area (Å²) in [4.78, 5) is 3.67. The number of hydrogen-bond acceptors (Lipinski definition) is 1. The van der Waals surface area contributed by atoms with Crippen LogP contribution in [0.2, 0.25) is 0 Å². The summed E-state index contributed by atoms with van der Waals surface area (Å²) in [5, 5.41) is -0.0612. The second-order valence-corrected chi connectivity index (χ2v) is 3.86. The molecule has 0 unspecified atom stereocenters. The summed E-state index contributed by atoms with van der Waals surface area (Å²) in [6, 6.07) is 0.541. The van der Waals surface area contributed by atoms with E-state index in [-0.39, 0.29) is 10.8 Å². The van der Waals surface area contributed by atoms with Gasteiger partial charge in [-0.3, -0.25) is 4.98 Å². The molecule has 0 saturated heterocycles. The fraction of sp³-hybridized carbons (Fsp3) is 0. The van der Waals surface area contributed by atoms with E-state index in [1.807, 2.05) is 22.6 Å². The number of rotatable bonds is 0. The molecular weight excluding hydrogens is 306 g/mol. The number of nitrogens with zero attached hydrogens (tertiary/aromatic N) is 1. The van der Waals surface area contributed by atoms with Crippen LogP contribution in [0.1, 0.15) is 0 Å². The molecule has 1 aromatic carbocycles. The topological polar surface area (TPSA) is 12.9 Å².